The molecule has 1 aliphatic carbocycles. The van der Waals surface area contributed by atoms with Crippen LogP contribution in [-0.4, -0.2) is 36.1 Å². The number of rotatable bonds is 5. The fourth-order valence-electron chi connectivity index (χ4n) is 3.11. The normalized spacial score (nSPS) is 16.8. The molecule has 1 heterocycles. The van der Waals surface area contributed by atoms with Crippen LogP contribution in [0.5, 0.6) is 0 Å². The number of sulfonamides is 1. The van der Waals surface area contributed by atoms with Gasteiger partial charge in [-0.15, -0.1) is 0 Å². The van der Waals surface area contributed by atoms with Crippen molar-refractivity contribution in [1.29, 1.82) is 0 Å². The molecule has 8 heteroatoms. The van der Waals surface area contributed by atoms with Crippen molar-refractivity contribution in [2.75, 3.05) is 7.05 Å². The number of aromatic nitrogens is 2. The van der Waals surface area contributed by atoms with E-state index in [1.54, 1.807) is 4.90 Å². The lowest BCUT2D eigenvalue weighted by Gasteiger charge is -2.25. The molecule has 0 spiro atoms. The Morgan fingerprint density at radius 3 is 2.88 bits per heavy atom. The van der Waals surface area contributed by atoms with Crippen LogP contribution in [0, 0.1) is 0 Å². The highest BCUT2D eigenvalue weighted by Crippen LogP contribution is 2.34. The van der Waals surface area contributed by atoms with Gasteiger partial charge in [-0.1, -0.05) is 24.3 Å². The van der Waals surface area contributed by atoms with Crippen LogP contribution in [0.25, 0.3) is 0 Å². The molecule has 7 nitrogen and oxygen atoms in total. The predicted molar refractivity (Wildman–Crippen MR) is 88.5 cm³/mol. The third kappa shape index (κ3) is 3.34. The van der Waals surface area contributed by atoms with Gasteiger partial charge in [0.15, 0.2) is 0 Å². The van der Waals surface area contributed by atoms with E-state index >= 15 is 0 Å². The molecule has 3 rings (SSSR count). The van der Waals surface area contributed by atoms with Crippen LogP contribution in [0.1, 0.15) is 30.0 Å². The highest BCUT2D eigenvalue weighted by Gasteiger charge is 2.28. The lowest BCUT2D eigenvalue weighted by atomic mass is 10.1. The van der Waals surface area contributed by atoms with Gasteiger partial charge in [0.2, 0.25) is 15.9 Å². The first-order valence-corrected chi connectivity index (χ1v) is 9.29. The number of hydrogen-bond donors (Lipinski definition) is 1. The monoisotopic (exact) mass is 348 g/mol. The van der Waals surface area contributed by atoms with Gasteiger partial charge in [0.05, 0.1) is 12.2 Å². The van der Waals surface area contributed by atoms with Crippen molar-refractivity contribution in [3.05, 3.63) is 47.8 Å². The molecule has 0 bridgehead atoms. The summed E-state index contributed by atoms with van der Waals surface area (Å²) in [7, 11) is -1.95. The van der Waals surface area contributed by atoms with Crippen molar-refractivity contribution in [1.82, 2.24) is 14.7 Å². The molecule has 2 aromatic rings. The SMILES string of the molecule is CN(C(=O)CCn1cc(S(N)(=O)=O)cn1)C1CCc2ccccc21. The average Bonchev–Trinajstić information content (AvgIpc) is 3.18. The minimum absolute atomic E-state index is 0.00404. The molecule has 2 N–H and O–H groups in total. The molecule has 0 radical (unpaired) electrons. The summed E-state index contributed by atoms with van der Waals surface area (Å²) < 4.78 is 23.9. The number of nitrogens with zero attached hydrogens (tertiary/aromatic N) is 3. The van der Waals surface area contributed by atoms with Gasteiger partial charge in [0.25, 0.3) is 0 Å². The van der Waals surface area contributed by atoms with Crippen LogP contribution >= 0.6 is 0 Å². The van der Waals surface area contributed by atoms with Crippen molar-refractivity contribution in [2.45, 2.75) is 36.7 Å². The zero-order chi connectivity index (χ0) is 17.3. The molecule has 1 atom stereocenters. The summed E-state index contributed by atoms with van der Waals surface area (Å²) in [4.78, 5) is 14.2. The number of hydrogen-bond acceptors (Lipinski definition) is 4. The van der Waals surface area contributed by atoms with E-state index < -0.39 is 10.0 Å². The van der Waals surface area contributed by atoms with Crippen LogP contribution in [-0.2, 0) is 27.8 Å². The Balaban J connectivity index is 1.62. The highest BCUT2D eigenvalue weighted by atomic mass is 32.2. The van der Waals surface area contributed by atoms with Crippen molar-refractivity contribution in [3.8, 4) is 0 Å². The molecule has 1 amide bonds. The van der Waals surface area contributed by atoms with Crippen molar-refractivity contribution in [2.24, 2.45) is 5.14 Å². The second-order valence-electron chi connectivity index (χ2n) is 5.99. The summed E-state index contributed by atoms with van der Waals surface area (Å²) in [6.45, 7) is 0.313. The van der Waals surface area contributed by atoms with Gasteiger partial charge in [0.1, 0.15) is 4.90 Å². The van der Waals surface area contributed by atoms with E-state index in [0.717, 1.165) is 12.8 Å². The number of primary sulfonamides is 1. The van der Waals surface area contributed by atoms with Gasteiger partial charge >= 0.3 is 0 Å². The quantitative estimate of drug-likeness (QED) is 0.873. The zero-order valence-corrected chi connectivity index (χ0v) is 14.2. The minimum Gasteiger partial charge on any atom is -0.339 e. The van der Waals surface area contributed by atoms with Crippen LogP contribution in [0.2, 0.25) is 0 Å². The standard InChI is InChI=1S/C16H20N4O3S/c1-19(15-7-6-12-4-2-3-5-14(12)15)16(21)8-9-20-11-13(10-18-20)24(17,22)23/h2-5,10-11,15H,6-9H2,1H3,(H2,17,22,23). The number of benzene rings is 1. The summed E-state index contributed by atoms with van der Waals surface area (Å²) in [6.07, 6.45) is 4.69. The Bertz CT molecular complexity index is 860. The van der Waals surface area contributed by atoms with E-state index in [0.29, 0.717) is 6.54 Å². The molecule has 1 unspecified atom stereocenters. The summed E-state index contributed by atoms with van der Waals surface area (Å²) in [6, 6.07) is 8.29. The fraction of sp³-hybridized carbons (Fsp3) is 0.375. The van der Waals surface area contributed by atoms with Crippen LogP contribution in [0.3, 0.4) is 0 Å². The Labute approximate surface area is 141 Å². The molecule has 0 saturated heterocycles. The second kappa shape index (κ2) is 6.37. The lowest BCUT2D eigenvalue weighted by Crippen LogP contribution is -2.30. The maximum Gasteiger partial charge on any atom is 0.241 e. The summed E-state index contributed by atoms with van der Waals surface area (Å²) >= 11 is 0. The van der Waals surface area contributed by atoms with Gasteiger partial charge in [0, 0.05) is 26.2 Å². The van der Waals surface area contributed by atoms with E-state index in [2.05, 4.69) is 17.2 Å². The molecule has 0 saturated carbocycles. The summed E-state index contributed by atoms with van der Waals surface area (Å²) in [5.74, 6) is 0.00404. The third-order valence-corrected chi connectivity index (χ3v) is 5.32. The van der Waals surface area contributed by atoms with Crippen LogP contribution in [0.4, 0.5) is 0 Å². The minimum atomic E-state index is -3.76. The van der Waals surface area contributed by atoms with Gasteiger partial charge in [-0.25, -0.2) is 13.6 Å². The fourth-order valence-corrected chi connectivity index (χ4v) is 3.57. The first kappa shape index (κ1) is 16.7. The highest BCUT2D eigenvalue weighted by molar-refractivity contribution is 7.89. The molecular formula is C16H20N4O3S. The van der Waals surface area contributed by atoms with E-state index in [4.69, 9.17) is 5.14 Å². The van der Waals surface area contributed by atoms with Crippen molar-refractivity contribution < 1.29 is 13.2 Å². The van der Waals surface area contributed by atoms with Gasteiger partial charge in [-0.3, -0.25) is 9.48 Å². The molecule has 1 aromatic heterocycles. The molecule has 128 valence electrons. The Morgan fingerprint density at radius 2 is 2.17 bits per heavy atom. The van der Waals surface area contributed by atoms with Crippen molar-refractivity contribution in [3.63, 3.8) is 0 Å². The van der Waals surface area contributed by atoms with Crippen molar-refractivity contribution >= 4 is 15.9 Å². The lowest BCUT2D eigenvalue weighted by molar-refractivity contribution is -0.132. The van der Waals surface area contributed by atoms with E-state index in [9.17, 15) is 13.2 Å². The number of amides is 1. The maximum absolute atomic E-state index is 12.5. The van der Waals surface area contributed by atoms with Crippen LogP contribution in [0.15, 0.2) is 41.6 Å². The first-order chi connectivity index (χ1) is 11.4. The maximum atomic E-state index is 12.5. The number of aryl methyl sites for hydroxylation is 2. The predicted octanol–water partition coefficient (Wildman–Crippen LogP) is 1.07. The summed E-state index contributed by atoms with van der Waals surface area (Å²) in [5.41, 5.74) is 2.51. The smallest absolute Gasteiger partial charge is 0.241 e. The van der Waals surface area contributed by atoms with E-state index in [1.165, 1.54) is 28.2 Å². The molecule has 1 aromatic carbocycles. The number of carbonyl (C=O) groups excluding carboxylic acids is 1. The number of fused-ring (bicyclic) bond motifs is 1. The van der Waals surface area contributed by atoms with Gasteiger partial charge < -0.3 is 4.90 Å². The summed E-state index contributed by atoms with van der Waals surface area (Å²) in [5, 5.41) is 8.98. The van der Waals surface area contributed by atoms with Gasteiger partial charge in [-0.05, 0) is 24.0 Å². The Morgan fingerprint density at radius 1 is 1.42 bits per heavy atom. The zero-order valence-electron chi connectivity index (χ0n) is 13.4. The van der Waals surface area contributed by atoms with Gasteiger partial charge in [-0.2, -0.15) is 5.10 Å². The third-order valence-electron chi connectivity index (χ3n) is 4.45. The Kier molecular flexibility index (Phi) is 4.42. The molecule has 0 aliphatic heterocycles. The number of nitrogens with two attached hydrogens (primary N) is 1. The molecule has 1 aliphatic rings. The molecule has 0 fully saturated rings. The average molecular weight is 348 g/mol. The van der Waals surface area contributed by atoms with E-state index in [-0.39, 0.29) is 23.3 Å². The topological polar surface area (TPSA) is 98.3 Å². The van der Waals surface area contributed by atoms with Crippen LogP contribution < -0.4 is 5.14 Å². The van der Waals surface area contributed by atoms with E-state index in [1.807, 2.05) is 19.2 Å². The molecular weight excluding hydrogens is 328 g/mol. The largest absolute Gasteiger partial charge is 0.339 e. The molecule has 24 heavy (non-hydrogen) atoms. The Hall–Kier alpha value is -2.19. The second-order valence-corrected chi connectivity index (χ2v) is 7.55. The first-order valence-electron chi connectivity index (χ1n) is 7.75. The number of carbonyl (C=O) groups is 1.